The van der Waals surface area contributed by atoms with Gasteiger partial charge in [-0.1, -0.05) is 70.5 Å². The Balaban J connectivity index is 2.26. The molecule has 20 heavy (non-hydrogen) atoms. The van der Waals surface area contributed by atoms with Gasteiger partial charge in [-0.25, -0.2) is 0 Å². The Labute approximate surface area is 127 Å². The standard InChI is InChI=1S/C18H15BrO/c19-11-5-10-15-14-7-2-1-6-13(14)12-18(20)17-9-4-3-8-16(15)17/h1-4,6-10H,5,11-12H2/b15-10-. The van der Waals surface area contributed by atoms with E-state index in [0.29, 0.717) is 6.42 Å². The molecule has 2 aromatic rings. The molecule has 0 N–H and O–H groups in total. The minimum Gasteiger partial charge on any atom is -0.294 e. The molecule has 0 fully saturated rings. The van der Waals surface area contributed by atoms with Crippen molar-refractivity contribution >= 4 is 27.3 Å². The smallest absolute Gasteiger partial charge is 0.167 e. The van der Waals surface area contributed by atoms with Gasteiger partial charge in [-0.3, -0.25) is 4.79 Å². The normalized spacial score (nSPS) is 15.7. The molecule has 3 rings (SSSR count). The first-order chi connectivity index (χ1) is 9.81. The van der Waals surface area contributed by atoms with Gasteiger partial charge in [-0.2, -0.15) is 0 Å². The van der Waals surface area contributed by atoms with Gasteiger partial charge in [0, 0.05) is 17.3 Å². The van der Waals surface area contributed by atoms with Crippen molar-refractivity contribution in [2.75, 3.05) is 5.33 Å². The fourth-order valence-corrected chi connectivity index (χ4v) is 2.96. The van der Waals surface area contributed by atoms with Gasteiger partial charge in [0.25, 0.3) is 0 Å². The summed E-state index contributed by atoms with van der Waals surface area (Å²) in [6.45, 7) is 0. The maximum atomic E-state index is 12.5. The van der Waals surface area contributed by atoms with Crippen LogP contribution in [-0.4, -0.2) is 11.1 Å². The first-order valence-electron chi connectivity index (χ1n) is 6.78. The number of hydrogen-bond acceptors (Lipinski definition) is 1. The highest BCUT2D eigenvalue weighted by Gasteiger charge is 2.22. The van der Waals surface area contributed by atoms with Crippen molar-refractivity contribution in [1.82, 2.24) is 0 Å². The predicted molar refractivity (Wildman–Crippen MR) is 86.4 cm³/mol. The lowest BCUT2D eigenvalue weighted by atomic mass is 9.93. The van der Waals surface area contributed by atoms with Gasteiger partial charge in [-0.15, -0.1) is 0 Å². The van der Waals surface area contributed by atoms with Crippen molar-refractivity contribution in [3.63, 3.8) is 0 Å². The van der Waals surface area contributed by atoms with E-state index in [1.165, 1.54) is 11.1 Å². The molecule has 0 saturated carbocycles. The molecule has 1 aliphatic carbocycles. The summed E-state index contributed by atoms with van der Waals surface area (Å²) in [5, 5.41) is 0.925. The highest BCUT2D eigenvalue weighted by Crippen LogP contribution is 2.33. The van der Waals surface area contributed by atoms with Crippen molar-refractivity contribution in [2.24, 2.45) is 0 Å². The quantitative estimate of drug-likeness (QED) is 0.734. The van der Waals surface area contributed by atoms with Gasteiger partial charge in [-0.05, 0) is 28.7 Å². The summed E-state index contributed by atoms with van der Waals surface area (Å²) < 4.78 is 0. The van der Waals surface area contributed by atoms with Crippen LogP contribution in [0.2, 0.25) is 0 Å². The average molecular weight is 327 g/mol. The Morgan fingerprint density at radius 3 is 2.35 bits per heavy atom. The number of rotatable bonds is 2. The van der Waals surface area contributed by atoms with E-state index in [2.05, 4.69) is 40.2 Å². The van der Waals surface area contributed by atoms with Crippen LogP contribution < -0.4 is 0 Å². The van der Waals surface area contributed by atoms with E-state index < -0.39 is 0 Å². The van der Waals surface area contributed by atoms with E-state index >= 15 is 0 Å². The third-order valence-electron chi connectivity index (χ3n) is 3.63. The van der Waals surface area contributed by atoms with Crippen LogP contribution in [0, 0.1) is 0 Å². The van der Waals surface area contributed by atoms with Gasteiger partial charge in [0.05, 0.1) is 0 Å². The van der Waals surface area contributed by atoms with Crippen molar-refractivity contribution in [1.29, 1.82) is 0 Å². The van der Waals surface area contributed by atoms with E-state index in [4.69, 9.17) is 0 Å². The lowest BCUT2D eigenvalue weighted by molar-refractivity contribution is 0.0993. The predicted octanol–water partition coefficient (Wildman–Crippen LogP) is 4.64. The van der Waals surface area contributed by atoms with Gasteiger partial charge in [0.1, 0.15) is 0 Å². The number of fused-ring (bicyclic) bond motifs is 2. The second-order valence-electron chi connectivity index (χ2n) is 4.90. The third kappa shape index (κ3) is 2.36. The van der Waals surface area contributed by atoms with Gasteiger partial charge >= 0.3 is 0 Å². The number of hydrogen-bond donors (Lipinski definition) is 0. The molecule has 0 heterocycles. The summed E-state index contributed by atoms with van der Waals surface area (Å²) in [4.78, 5) is 12.5. The second kappa shape index (κ2) is 5.76. The largest absolute Gasteiger partial charge is 0.294 e. The van der Waals surface area contributed by atoms with E-state index in [1.807, 2.05) is 30.3 Å². The molecule has 0 radical (unpaired) electrons. The first kappa shape index (κ1) is 13.3. The number of carbonyl (C=O) groups is 1. The number of alkyl halides is 1. The Kier molecular flexibility index (Phi) is 3.83. The topological polar surface area (TPSA) is 17.1 Å². The van der Waals surface area contributed by atoms with Crippen LogP contribution in [0.15, 0.2) is 54.6 Å². The van der Waals surface area contributed by atoms with Crippen LogP contribution in [0.25, 0.3) is 5.57 Å². The zero-order valence-electron chi connectivity index (χ0n) is 11.1. The summed E-state index contributed by atoms with van der Waals surface area (Å²) in [5.41, 5.74) is 5.38. The average Bonchev–Trinajstić information content (AvgIpc) is 2.60. The monoisotopic (exact) mass is 326 g/mol. The summed E-state index contributed by atoms with van der Waals surface area (Å²) in [6, 6.07) is 16.1. The second-order valence-corrected chi connectivity index (χ2v) is 5.69. The van der Waals surface area contributed by atoms with Crippen LogP contribution in [0.3, 0.4) is 0 Å². The highest BCUT2D eigenvalue weighted by atomic mass is 79.9. The Morgan fingerprint density at radius 1 is 0.950 bits per heavy atom. The van der Waals surface area contributed by atoms with Crippen LogP contribution >= 0.6 is 15.9 Å². The summed E-state index contributed by atoms with van der Waals surface area (Å²) in [5.74, 6) is 0.204. The maximum absolute atomic E-state index is 12.5. The molecule has 0 spiro atoms. The first-order valence-corrected chi connectivity index (χ1v) is 7.90. The molecule has 0 saturated heterocycles. The lowest BCUT2D eigenvalue weighted by Crippen LogP contribution is -2.03. The molecule has 0 atom stereocenters. The molecule has 0 aliphatic heterocycles. The van der Waals surface area contributed by atoms with Gasteiger partial charge in [0.15, 0.2) is 5.78 Å². The maximum Gasteiger partial charge on any atom is 0.167 e. The SMILES string of the molecule is O=C1Cc2ccccc2/C(=C/CCBr)c2ccccc21. The van der Waals surface area contributed by atoms with E-state index in [0.717, 1.165) is 28.4 Å². The van der Waals surface area contributed by atoms with E-state index in [9.17, 15) is 4.79 Å². The Morgan fingerprint density at radius 2 is 1.60 bits per heavy atom. The molecule has 0 bridgehead atoms. The fourth-order valence-electron chi connectivity index (χ4n) is 2.73. The third-order valence-corrected chi connectivity index (χ3v) is 4.09. The molecule has 2 aromatic carbocycles. The van der Waals surface area contributed by atoms with Gasteiger partial charge in [0.2, 0.25) is 0 Å². The zero-order chi connectivity index (χ0) is 13.9. The van der Waals surface area contributed by atoms with Crippen molar-refractivity contribution < 1.29 is 4.79 Å². The van der Waals surface area contributed by atoms with E-state index in [-0.39, 0.29) is 5.78 Å². The molecule has 2 heteroatoms. The van der Waals surface area contributed by atoms with Crippen LogP contribution in [-0.2, 0) is 6.42 Å². The zero-order valence-corrected chi connectivity index (χ0v) is 12.7. The van der Waals surface area contributed by atoms with Crippen molar-refractivity contribution in [3.05, 3.63) is 76.9 Å². The van der Waals surface area contributed by atoms with Crippen molar-refractivity contribution in [3.8, 4) is 0 Å². The molecular weight excluding hydrogens is 312 g/mol. The fraction of sp³-hybridized carbons (Fsp3) is 0.167. The summed E-state index contributed by atoms with van der Waals surface area (Å²) in [6.07, 6.45) is 3.66. The number of ketones is 1. The molecule has 0 aromatic heterocycles. The number of Topliss-reactive ketones (excluding diaryl/α,β-unsaturated/α-hetero) is 1. The Bertz CT molecular complexity index is 685. The molecule has 1 aliphatic rings. The lowest BCUT2D eigenvalue weighted by Gasteiger charge is -2.11. The Hall–Kier alpha value is -1.67. The summed E-state index contributed by atoms with van der Waals surface area (Å²) >= 11 is 3.48. The minimum absolute atomic E-state index is 0.204. The van der Waals surface area contributed by atoms with Crippen LogP contribution in [0.5, 0.6) is 0 Å². The molecule has 1 nitrogen and oxygen atoms in total. The number of allylic oxidation sites excluding steroid dienone is 1. The molecular formula is C18H15BrO. The number of carbonyl (C=O) groups excluding carboxylic acids is 1. The molecule has 100 valence electrons. The van der Waals surface area contributed by atoms with Crippen LogP contribution in [0.4, 0.5) is 0 Å². The van der Waals surface area contributed by atoms with E-state index in [1.54, 1.807) is 0 Å². The van der Waals surface area contributed by atoms with Crippen molar-refractivity contribution in [2.45, 2.75) is 12.8 Å². The van der Waals surface area contributed by atoms with Gasteiger partial charge < -0.3 is 0 Å². The number of halogens is 1. The summed E-state index contributed by atoms with van der Waals surface area (Å²) in [7, 11) is 0. The number of benzene rings is 2. The molecule has 0 amide bonds. The van der Waals surface area contributed by atoms with Crippen LogP contribution in [0.1, 0.15) is 33.5 Å². The minimum atomic E-state index is 0.204. The highest BCUT2D eigenvalue weighted by molar-refractivity contribution is 9.09. The molecule has 0 unspecified atom stereocenters.